The van der Waals surface area contributed by atoms with Crippen LogP contribution in [0.4, 0.5) is 0 Å². The lowest BCUT2D eigenvalue weighted by atomic mass is 10.1. The molecule has 1 heterocycles. The van der Waals surface area contributed by atoms with E-state index in [0.29, 0.717) is 6.04 Å². The van der Waals surface area contributed by atoms with Crippen molar-refractivity contribution in [2.45, 2.75) is 32.7 Å². The van der Waals surface area contributed by atoms with Crippen molar-refractivity contribution in [3.8, 4) is 0 Å². The largest absolute Gasteiger partial charge is 0.314 e. The van der Waals surface area contributed by atoms with Crippen molar-refractivity contribution in [1.82, 2.24) is 20.0 Å². The standard InChI is InChI=1S/C13H25ClN4/c1-6-15-11(7-8-17(3)4)9-12-13(14)10(2)16-18(12)5/h11,15H,6-9H2,1-5H3. The number of hydrogen-bond acceptors (Lipinski definition) is 3. The van der Waals surface area contributed by atoms with Gasteiger partial charge in [0.15, 0.2) is 0 Å². The summed E-state index contributed by atoms with van der Waals surface area (Å²) < 4.78 is 1.90. The molecule has 0 fully saturated rings. The fourth-order valence-electron chi connectivity index (χ4n) is 2.11. The van der Waals surface area contributed by atoms with Crippen LogP contribution in [-0.2, 0) is 13.5 Å². The van der Waals surface area contributed by atoms with Crippen LogP contribution in [0.1, 0.15) is 24.7 Å². The summed E-state index contributed by atoms with van der Waals surface area (Å²) in [6.07, 6.45) is 2.04. The average Bonchev–Trinajstić information content (AvgIpc) is 2.53. The SMILES string of the molecule is CCNC(CCN(C)C)Cc1c(Cl)c(C)nn1C. The van der Waals surface area contributed by atoms with Crippen LogP contribution in [0.3, 0.4) is 0 Å². The number of aromatic nitrogens is 2. The number of likely N-dealkylation sites (N-methyl/N-ethyl adjacent to an activating group) is 1. The Morgan fingerprint density at radius 1 is 1.44 bits per heavy atom. The van der Waals surface area contributed by atoms with Crippen LogP contribution >= 0.6 is 11.6 Å². The van der Waals surface area contributed by atoms with Crippen molar-refractivity contribution < 1.29 is 0 Å². The summed E-state index contributed by atoms with van der Waals surface area (Å²) >= 11 is 6.30. The number of halogens is 1. The highest BCUT2D eigenvalue weighted by molar-refractivity contribution is 6.31. The molecule has 0 saturated carbocycles. The minimum Gasteiger partial charge on any atom is -0.314 e. The van der Waals surface area contributed by atoms with Gasteiger partial charge >= 0.3 is 0 Å². The van der Waals surface area contributed by atoms with Crippen molar-refractivity contribution in [3.05, 3.63) is 16.4 Å². The first-order chi connectivity index (χ1) is 8.45. The summed E-state index contributed by atoms with van der Waals surface area (Å²) in [6, 6.07) is 0.449. The van der Waals surface area contributed by atoms with Crippen LogP contribution < -0.4 is 5.32 Å². The van der Waals surface area contributed by atoms with E-state index in [4.69, 9.17) is 11.6 Å². The van der Waals surface area contributed by atoms with Gasteiger partial charge in [-0.2, -0.15) is 5.10 Å². The molecular weight excluding hydrogens is 248 g/mol. The van der Waals surface area contributed by atoms with Gasteiger partial charge in [0.2, 0.25) is 0 Å². The van der Waals surface area contributed by atoms with E-state index in [2.05, 4.69) is 36.3 Å². The molecule has 0 aromatic carbocycles. The molecule has 0 spiro atoms. The Morgan fingerprint density at radius 3 is 2.56 bits per heavy atom. The average molecular weight is 273 g/mol. The molecule has 1 aromatic rings. The minimum atomic E-state index is 0.449. The molecule has 0 radical (unpaired) electrons. The van der Waals surface area contributed by atoms with Crippen LogP contribution in [0, 0.1) is 6.92 Å². The Morgan fingerprint density at radius 2 is 2.11 bits per heavy atom. The molecule has 1 aromatic heterocycles. The molecule has 0 aliphatic rings. The molecule has 104 valence electrons. The summed E-state index contributed by atoms with van der Waals surface area (Å²) in [5.74, 6) is 0. The Labute approximate surface area is 115 Å². The van der Waals surface area contributed by atoms with Crippen molar-refractivity contribution in [2.75, 3.05) is 27.2 Å². The van der Waals surface area contributed by atoms with E-state index in [1.807, 2.05) is 18.7 Å². The summed E-state index contributed by atoms with van der Waals surface area (Å²) in [7, 11) is 6.16. The van der Waals surface area contributed by atoms with E-state index in [1.54, 1.807) is 0 Å². The molecule has 4 nitrogen and oxygen atoms in total. The molecule has 1 N–H and O–H groups in total. The third-order valence-corrected chi connectivity index (χ3v) is 3.61. The second-order valence-electron chi connectivity index (χ2n) is 5.02. The predicted octanol–water partition coefficient (Wildman–Crippen LogP) is 1.85. The number of nitrogens with zero attached hydrogens (tertiary/aromatic N) is 3. The molecule has 1 rings (SSSR count). The van der Waals surface area contributed by atoms with Gasteiger partial charge < -0.3 is 10.2 Å². The second-order valence-corrected chi connectivity index (χ2v) is 5.40. The van der Waals surface area contributed by atoms with Gasteiger partial charge in [-0.25, -0.2) is 0 Å². The Balaban J connectivity index is 2.70. The third-order valence-electron chi connectivity index (χ3n) is 3.12. The maximum Gasteiger partial charge on any atom is 0.0847 e. The van der Waals surface area contributed by atoms with Crippen molar-refractivity contribution >= 4 is 11.6 Å². The van der Waals surface area contributed by atoms with Crippen molar-refractivity contribution in [1.29, 1.82) is 0 Å². The number of rotatable bonds is 7. The zero-order valence-corrected chi connectivity index (χ0v) is 12.9. The molecule has 5 heteroatoms. The molecule has 18 heavy (non-hydrogen) atoms. The molecule has 1 unspecified atom stereocenters. The Kier molecular flexibility index (Phi) is 6.12. The van der Waals surface area contributed by atoms with Gasteiger partial charge in [-0.05, 0) is 40.5 Å². The fourth-order valence-corrected chi connectivity index (χ4v) is 2.35. The molecule has 0 aliphatic heterocycles. The highest BCUT2D eigenvalue weighted by atomic mass is 35.5. The van der Waals surface area contributed by atoms with Crippen LogP contribution in [0.15, 0.2) is 0 Å². The van der Waals surface area contributed by atoms with Crippen LogP contribution in [-0.4, -0.2) is 47.9 Å². The molecule has 0 bridgehead atoms. The molecule has 0 amide bonds. The topological polar surface area (TPSA) is 33.1 Å². The normalized spacial score (nSPS) is 13.3. The lowest BCUT2D eigenvalue weighted by molar-refractivity contribution is 0.356. The molecule has 0 aliphatic carbocycles. The fraction of sp³-hybridized carbons (Fsp3) is 0.769. The summed E-state index contributed by atoms with van der Waals surface area (Å²) in [6.45, 7) is 6.14. The van der Waals surface area contributed by atoms with Gasteiger partial charge in [-0.15, -0.1) is 0 Å². The van der Waals surface area contributed by atoms with Gasteiger partial charge in [0.05, 0.1) is 16.4 Å². The minimum absolute atomic E-state index is 0.449. The van der Waals surface area contributed by atoms with Crippen LogP contribution in [0.5, 0.6) is 0 Å². The lowest BCUT2D eigenvalue weighted by Gasteiger charge is -2.20. The van der Waals surface area contributed by atoms with Gasteiger partial charge in [-0.3, -0.25) is 4.68 Å². The lowest BCUT2D eigenvalue weighted by Crippen LogP contribution is -2.34. The van der Waals surface area contributed by atoms with E-state index >= 15 is 0 Å². The summed E-state index contributed by atoms with van der Waals surface area (Å²) in [5.41, 5.74) is 2.04. The van der Waals surface area contributed by atoms with Gasteiger partial charge in [0.1, 0.15) is 0 Å². The molecule has 0 saturated heterocycles. The number of aryl methyl sites for hydroxylation is 2. The van der Waals surface area contributed by atoms with Crippen LogP contribution in [0.25, 0.3) is 0 Å². The van der Waals surface area contributed by atoms with Gasteiger partial charge in [0, 0.05) is 19.5 Å². The number of hydrogen-bond donors (Lipinski definition) is 1. The first-order valence-corrected chi connectivity index (χ1v) is 6.89. The van der Waals surface area contributed by atoms with E-state index in [9.17, 15) is 0 Å². The molecular formula is C13H25ClN4. The zero-order valence-electron chi connectivity index (χ0n) is 12.1. The van der Waals surface area contributed by atoms with E-state index in [1.165, 1.54) is 0 Å². The molecule has 1 atom stereocenters. The summed E-state index contributed by atoms with van der Waals surface area (Å²) in [4.78, 5) is 2.21. The zero-order chi connectivity index (χ0) is 13.7. The van der Waals surface area contributed by atoms with Gasteiger partial charge in [-0.1, -0.05) is 18.5 Å². The van der Waals surface area contributed by atoms with E-state index < -0.39 is 0 Å². The summed E-state index contributed by atoms with van der Waals surface area (Å²) in [5, 5.41) is 8.70. The number of nitrogens with one attached hydrogen (secondary N) is 1. The first-order valence-electron chi connectivity index (χ1n) is 6.51. The smallest absolute Gasteiger partial charge is 0.0847 e. The predicted molar refractivity (Wildman–Crippen MR) is 77.3 cm³/mol. The van der Waals surface area contributed by atoms with E-state index in [0.717, 1.165) is 42.3 Å². The highest BCUT2D eigenvalue weighted by Gasteiger charge is 2.16. The Bertz CT molecular complexity index is 373. The maximum absolute atomic E-state index is 6.30. The van der Waals surface area contributed by atoms with E-state index in [-0.39, 0.29) is 0 Å². The van der Waals surface area contributed by atoms with Gasteiger partial charge in [0.25, 0.3) is 0 Å². The van der Waals surface area contributed by atoms with Crippen LogP contribution in [0.2, 0.25) is 5.02 Å². The Hall–Kier alpha value is -0.580. The monoisotopic (exact) mass is 272 g/mol. The van der Waals surface area contributed by atoms with Crippen molar-refractivity contribution in [2.24, 2.45) is 7.05 Å². The quantitative estimate of drug-likeness (QED) is 0.822. The maximum atomic E-state index is 6.30. The van der Waals surface area contributed by atoms with Crippen molar-refractivity contribution in [3.63, 3.8) is 0 Å². The highest BCUT2D eigenvalue weighted by Crippen LogP contribution is 2.21. The third kappa shape index (κ3) is 4.26. The first kappa shape index (κ1) is 15.5. The second kappa shape index (κ2) is 7.12.